The van der Waals surface area contributed by atoms with Gasteiger partial charge in [-0.15, -0.1) is 0 Å². The molecule has 286 valence electrons. The Balaban J connectivity index is 0.828. The molecule has 54 heavy (non-hydrogen) atoms. The molecule has 2 aliphatic heterocycles. The van der Waals surface area contributed by atoms with Crippen LogP contribution in [0.1, 0.15) is 73.0 Å². The maximum atomic E-state index is 13.4. The first kappa shape index (κ1) is 37.6. The number of benzene rings is 2. The third-order valence-electron chi connectivity index (χ3n) is 11.3. The number of fused-ring (bicyclic) bond motifs is 3. The van der Waals surface area contributed by atoms with Crippen LogP contribution in [0, 0.1) is 0 Å². The molecule has 2 saturated heterocycles. The van der Waals surface area contributed by atoms with Gasteiger partial charge in [0.05, 0.1) is 34.9 Å². The van der Waals surface area contributed by atoms with E-state index >= 15 is 0 Å². The number of hydrogen-bond acceptors (Lipinski definition) is 9. The number of aliphatic hydroxyl groups is 1. The number of nitrogens with one attached hydrogen (secondary N) is 2. The van der Waals surface area contributed by atoms with Gasteiger partial charge in [0, 0.05) is 87.5 Å². The van der Waals surface area contributed by atoms with Gasteiger partial charge in [-0.25, -0.2) is 4.98 Å². The zero-order valence-corrected chi connectivity index (χ0v) is 31.3. The number of carbonyl (C=O) groups excluding carboxylic acids is 3. The summed E-state index contributed by atoms with van der Waals surface area (Å²) < 4.78 is 1.43. The lowest BCUT2D eigenvalue weighted by Crippen LogP contribution is -2.49. The number of aryl methyl sites for hydroxylation is 2. The Morgan fingerprint density at radius 1 is 0.889 bits per heavy atom. The standard InChI is InChI=1S/C41H52N8O5/c1-46-20-22-47(23-21-46)17-13-37(50)44-32-11-12-33-36(26-32)43-28-49(40(33)53)27-41(54)14-18-48(19-15-41)38(51)8-4-5-16-42-39(52)31-10-9-30-24-29-6-2-3-7-34(29)45-35(30)25-31/h9-12,24-26,28,54H,2-8,13-23,27H2,1H3,(H,42,52)(H,44,50). The predicted molar refractivity (Wildman–Crippen MR) is 209 cm³/mol. The average Bonchev–Trinajstić information content (AvgIpc) is 3.17. The molecule has 13 heteroatoms. The molecule has 3 amide bonds. The van der Waals surface area contributed by atoms with Crippen LogP contribution in [0.15, 0.2) is 53.6 Å². The third kappa shape index (κ3) is 9.14. The first-order valence-electron chi connectivity index (χ1n) is 19.5. The Bertz CT molecular complexity index is 2070. The van der Waals surface area contributed by atoms with Crippen molar-refractivity contribution < 1.29 is 19.5 Å². The first-order chi connectivity index (χ1) is 26.1. The van der Waals surface area contributed by atoms with Crippen LogP contribution >= 0.6 is 0 Å². The minimum Gasteiger partial charge on any atom is -0.388 e. The fourth-order valence-electron chi connectivity index (χ4n) is 7.85. The van der Waals surface area contributed by atoms with Crippen LogP contribution < -0.4 is 16.2 Å². The number of hydrogen-bond donors (Lipinski definition) is 3. The fourth-order valence-corrected chi connectivity index (χ4v) is 7.85. The van der Waals surface area contributed by atoms with E-state index in [0.717, 1.165) is 62.0 Å². The lowest BCUT2D eigenvalue weighted by Gasteiger charge is -2.38. The Morgan fingerprint density at radius 2 is 1.69 bits per heavy atom. The van der Waals surface area contributed by atoms with Crippen molar-refractivity contribution in [2.75, 3.05) is 64.7 Å². The van der Waals surface area contributed by atoms with E-state index in [-0.39, 0.29) is 29.8 Å². The van der Waals surface area contributed by atoms with Crippen molar-refractivity contribution in [3.63, 3.8) is 0 Å². The number of piperidine rings is 1. The van der Waals surface area contributed by atoms with Crippen molar-refractivity contribution in [1.82, 2.24) is 34.6 Å². The van der Waals surface area contributed by atoms with E-state index in [1.807, 2.05) is 18.2 Å². The summed E-state index contributed by atoms with van der Waals surface area (Å²) in [5.74, 6) is -0.191. The van der Waals surface area contributed by atoms with Gasteiger partial charge in [-0.3, -0.25) is 28.7 Å². The summed E-state index contributed by atoms with van der Waals surface area (Å²) in [6.07, 6.45) is 8.65. The van der Waals surface area contributed by atoms with Crippen LogP contribution in [0.3, 0.4) is 0 Å². The lowest BCUT2D eigenvalue weighted by molar-refractivity contribution is -0.136. The van der Waals surface area contributed by atoms with Gasteiger partial charge in [-0.1, -0.05) is 6.07 Å². The Morgan fingerprint density at radius 3 is 2.50 bits per heavy atom. The second-order valence-electron chi connectivity index (χ2n) is 15.4. The average molecular weight is 737 g/mol. The molecular formula is C41H52N8O5. The van der Waals surface area contributed by atoms with Crippen LogP contribution in [0.2, 0.25) is 0 Å². The van der Waals surface area contributed by atoms with E-state index in [9.17, 15) is 24.3 Å². The van der Waals surface area contributed by atoms with E-state index in [4.69, 9.17) is 4.98 Å². The summed E-state index contributed by atoms with van der Waals surface area (Å²) in [7, 11) is 2.10. The minimum atomic E-state index is -1.14. The lowest BCUT2D eigenvalue weighted by atomic mass is 9.91. The molecule has 3 N–H and O–H groups in total. The smallest absolute Gasteiger partial charge is 0.261 e. The molecular weight excluding hydrogens is 685 g/mol. The summed E-state index contributed by atoms with van der Waals surface area (Å²) >= 11 is 0. The molecule has 4 aromatic rings. The summed E-state index contributed by atoms with van der Waals surface area (Å²) in [6.45, 7) is 5.99. The van der Waals surface area contributed by atoms with E-state index in [1.54, 1.807) is 23.1 Å². The monoisotopic (exact) mass is 736 g/mol. The van der Waals surface area contributed by atoms with Crippen LogP contribution in [0.25, 0.3) is 21.8 Å². The number of pyridine rings is 1. The molecule has 2 fully saturated rings. The summed E-state index contributed by atoms with van der Waals surface area (Å²) in [4.78, 5) is 67.4. The number of amides is 3. The number of nitrogens with zero attached hydrogens (tertiary/aromatic N) is 6. The molecule has 0 bridgehead atoms. The van der Waals surface area contributed by atoms with E-state index in [2.05, 4.69) is 38.5 Å². The molecule has 0 unspecified atom stereocenters. The number of likely N-dealkylation sites (tertiary alicyclic amines) is 1. The maximum Gasteiger partial charge on any atom is 0.261 e. The zero-order valence-electron chi connectivity index (χ0n) is 31.3. The van der Waals surface area contributed by atoms with Crippen molar-refractivity contribution in [3.05, 3.63) is 76.0 Å². The molecule has 2 aromatic heterocycles. The second-order valence-corrected chi connectivity index (χ2v) is 15.4. The number of unbranched alkanes of at least 4 members (excludes halogenated alkanes) is 1. The molecule has 0 spiro atoms. The number of anilines is 1. The van der Waals surface area contributed by atoms with E-state index in [0.29, 0.717) is 86.9 Å². The topological polar surface area (TPSA) is 153 Å². The van der Waals surface area contributed by atoms with Crippen LogP contribution in [-0.2, 0) is 29.0 Å². The molecule has 1 aliphatic carbocycles. The molecule has 13 nitrogen and oxygen atoms in total. The third-order valence-corrected chi connectivity index (χ3v) is 11.3. The first-order valence-corrected chi connectivity index (χ1v) is 19.5. The summed E-state index contributed by atoms with van der Waals surface area (Å²) in [5, 5.41) is 18.8. The molecule has 4 heterocycles. The number of aromatic nitrogens is 3. The highest BCUT2D eigenvalue weighted by molar-refractivity contribution is 5.98. The Kier molecular flexibility index (Phi) is 11.7. The Labute approximate surface area is 315 Å². The molecule has 2 aromatic carbocycles. The van der Waals surface area contributed by atoms with Crippen LogP contribution in [0.5, 0.6) is 0 Å². The minimum absolute atomic E-state index is 0.0269. The molecule has 0 saturated carbocycles. The van der Waals surface area contributed by atoms with Gasteiger partial charge in [0.2, 0.25) is 11.8 Å². The van der Waals surface area contributed by atoms with Gasteiger partial charge in [-0.05, 0) is 100 Å². The van der Waals surface area contributed by atoms with Crippen molar-refractivity contribution in [1.29, 1.82) is 0 Å². The molecule has 3 aliphatic rings. The summed E-state index contributed by atoms with van der Waals surface area (Å²) in [5.41, 5.74) is 3.58. The molecule has 0 radical (unpaired) electrons. The van der Waals surface area contributed by atoms with Crippen molar-refractivity contribution in [3.8, 4) is 0 Å². The van der Waals surface area contributed by atoms with Gasteiger partial charge in [0.25, 0.3) is 11.5 Å². The zero-order chi connectivity index (χ0) is 37.7. The van der Waals surface area contributed by atoms with Gasteiger partial charge in [-0.2, -0.15) is 0 Å². The highest BCUT2D eigenvalue weighted by atomic mass is 16.3. The summed E-state index contributed by atoms with van der Waals surface area (Å²) in [6, 6.07) is 13.0. The highest BCUT2D eigenvalue weighted by Gasteiger charge is 2.34. The SMILES string of the molecule is CN1CCN(CCC(=O)Nc2ccc3c(=O)n(CC4(O)CCN(C(=O)CCCCNC(=O)c5ccc6cc7c(nc6c5)CCCC7)CC4)cnc3c2)CC1. The fraction of sp³-hybridized carbons (Fsp3) is 0.512. The molecule has 7 rings (SSSR count). The van der Waals surface area contributed by atoms with Gasteiger partial charge in [0.15, 0.2) is 0 Å². The van der Waals surface area contributed by atoms with Gasteiger partial charge in [0.1, 0.15) is 0 Å². The van der Waals surface area contributed by atoms with Crippen molar-refractivity contribution >= 4 is 45.2 Å². The second kappa shape index (κ2) is 16.7. The maximum absolute atomic E-state index is 13.4. The number of rotatable bonds is 12. The van der Waals surface area contributed by atoms with Crippen LogP contribution in [0.4, 0.5) is 5.69 Å². The van der Waals surface area contributed by atoms with Crippen molar-refractivity contribution in [2.45, 2.75) is 76.4 Å². The largest absolute Gasteiger partial charge is 0.388 e. The predicted octanol–water partition coefficient (Wildman–Crippen LogP) is 3.35. The van der Waals surface area contributed by atoms with E-state index in [1.165, 1.54) is 22.9 Å². The number of likely N-dealkylation sites (N-methyl/N-ethyl adjacent to an activating group) is 1. The number of piperazine rings is 1. The Hall–Kier alpha value is -4.72. The van der Waals surface area contributed by atoms with Crippen LogP contribution in [-0.4, -0.2) is 117 Å². The van der Waals surface area contributed by atoms with E-state index < -0.39 is 5.60 Å². The van der Waals surface area contributed by atoms with Gasteiger partial charge >= 0.3 is 0 Å². The normalized spacial score (nSPS) is 17.7. The highest BCUT2D eigenvalue weighted by Crippen LogP contribution is 2.26. The van der Waals surface area contributed by atoms with Gasteiger partial charge < -0.3 is 30.4 Å². The quantitative estimate of drug-likeness (QED) is 0.186. The van der Waals surface area contributed by atoms with Crippen molar-refractivity contribution in [2.24, 2.45) is 0 Å². The number of carbonyl (C=O) groups is 3. The molecule has 0 atom stereocenters.